The van der Waals surface area contributed by atoms with Crippen molar-refractivity contribution in [3.63, 3.8) is 0 Å². The van der Waals surface area contributed by atoms with Gasteiger partial charge in [-0.3, -0.25) is 9.13 Å². The molecule has 4 nitrogen and oxygen atoms in total. The van der Waals surface area contributed by atoms with Crippen LogP contribution in [0.4, 0.5) is 0 Å². The standard InChI is InChI=1S/C16H30O4P2/c1-7-21(17,8-2)19-15(5)11-13-16(6,14-12-15)20-22(18,9-3)10-4/h11-14H,7-10H2,1-6H3. The van der Waals surface area contributed by atoms with Crippen LogP contribution in [0, 0.1) is 0 Å². The highest BCUT2D eigenvalue weighted by atomic mass is 31.2. The van der Waals surface area contributed by atoms with Gasteiger partial charge in [0, 0.05) is 24.6 Å². The zero-order valence-electron chi connectivity index (χ0n) is 14.7. The summed E-state index contributed by atoms with van der Waals surface area (Å²) in [6.45, 7) is 11.3. The maximum Gasteiger partial charge on any atom is 0.203 e. The SMILES string of the molecule is CCP(=O)(CC)OC1(C)C=CC(C)(OP(=O)(CC)CC)C=C1. The van der Waals surface area contributed by atoms with E-state index < -0.39 is 25.9 Å². The molecule has 0 fully saturated rings. The summed E-state index contributed by atoms with van der Waals surface area (Å²) in [4.78, 5) is 0. The van der Waals surface area contributed by atoms with Crippen molar-refractivity contribution in [2.24, 2.45) is 0 Å². The van der Waals surface area contributed by atoms with Crippen LogP contribution in [0.3, 0.4) is 0 Å². The van der Waals surface area contributed by atoms with Crippen LogP contribution in [0.25, 0.3) is 0 Å². The van der Waals surface area contributed by atoms with Gasteiger partial charge in [0.1, 0.15) is 11.2 Å². The zero-order valence-corrected chi connectivity index (χ0v) is 16.5. The van der Waals surface area contributed by atoms with Crippen LogP contribution < -0.4 is 0 Å². The third-order valence-electron chi connectivity index (χ3n) is 4.14. The van der Waals surface area contributed by atoms with Crippen molar-refractivity contribution in [2.45, 2.75) is 52.7 Å². The second-order valence-electron chi connectivity index (χ2n) is 6.11. The molecule has 0 unspecified atom stereocenters. The van der Waals surface area contributed by atoms with Gasteiger partial charge in [-0.15, -0.1) is 0 Å². The van der Waals surface area contributed by atoms with Gasteiger partial charge in [0.2, 0.25) is 14.7 Å². The maximum absolute atomic E-state index is 12.5. The van der Waals surface area contributed by atoms with E-state index in [-0.39, 0.29) is 0 Å². The van der Waals surface area contributed by atoms with E-state index in [1.54, 1.807) is 0 Å². The van der Waals surface area contributed by atoms with Crippen LogP contribution in [-0.2, 0) is 18.2 Å². The highest BCUT2D eigenvalue weighted by molar-refractivity contribution is 7.59. The van der Waals surface area contributed by atoms with E-state index in [1.165, 1.54) is 0 Å². The summed E-state index contributed by atoms with van der Waals surface area (Å²) in [6, 6.07) is 0. The third-order valence-corrected chi connectivity index (χ3v) is 9.45. The van der Waals surface area contributed by atoms with E-state index in [0.717, 1.165) is 0 Å². The Labute approximate surface area is 135 Å². The van der Waals surface area contributed by atoms with Gasteiger partial charge in [-0.05, 0) is 38.2 Å². The Kier molecular flexibility index (Phi) is 6.49. The molecule has 1 aliphatic rings. The van der Waals surface area contributed by atoms with E-state index in [1.807, 2.05) is 65.8 Å². The van der Waals surface area contributed by atoms with Crippen molar-refractivity contribution in [1.82, 2.24) is 0 Å². The summed E-state index contributed by atoms with van der Waals surface area (Å²) in [5.74, 6) is 0. The minimum atomic E-state index is -2.61. The molecule has 0 aromatic heterocycles. The largest absolute Gasteiger partial charge is 0.314 e. The Morgan fingerprint density at radius 2 is 0.909 bits per heavy atom. The molecule has 0 radical (unpaired) electrons. The number of hydrogen-bond donors (Lipinski definition) is 0. The van der Waals surface area contributed by atoms with Crippen LogP contribution in [0.15, 0.2) is 24.3 Å². The lowest BCUT2D eigenvalue weighted by molar-refractivity contribution is 0.161. The molecular formula is C16H30O4P2. The molecule has 0 aromatic carbocycles. The molecule has 0 atom stereocenters. The lowest BCUT2D eigenvalue weighted by Crippen LogP contribution is -2.32. The van der Waals surface area contributed by atoms with Gasteiger partial charge in [-0.25, -0.2) is 0 Å². The molecule has 0 amide bonds. The Bertz CT molecular complexity index is 460. The first kappa shape index (κ1) is 19.9. The Morgan fingerprint density at radius 3 is 1.09 bits per heavy atom. The molecule has 1 aliphatic carbocycles. The monoisotopic (exact) mass is 348 g/mol. The minimum absolute atomic E-state index is 0.523. The van der Waals surface area contributed by atoms with E-state index >= 15 is 0 Å². The van der Waals surface area contributed by atoms with Crippen LogP contribution >= 0.6 is 14.7 Å². The topological polar surface area (TPSA) is 52.6 Å². The molecule has 1 rings (SSSR count). The second-order valence-corrected chi connectivity index (χ2v) is 12.3. The fraction of sp³-hybridized carbons (Fsp3) is 0.750. The van der Waals surface area contributed by atoms with Crippen molar-refractivity contribution >= 4 is 14.7 Å². The average Bonchev–Trinajstić information content (AvgIpc) is 2.50. The highest BCUT2D eigenvalue weighted by Crippen LogP contribution is 2.53. The average molecular weight is 348 g/mol. The minimum Gasteiger partial charge on any atom is -0.314 e. The van der Waals surface area contributed by atoms with Gasteiger partial charge in [-0.1, -0.05) is 27.7 Å². The van der Waals surface area contributed by atoms with E-state index in [0.29, 0.717) is 24.6 Å². The predicted molar refractivity (Wildman–Crippen MR) is 94.6 cm³/mol. The van der Waals surface area contributed by atoms with Crippen molar-refractivity contribution in [3.8, 4) is 0 Å². The molecule has 6 heteroatoms. The summed E-state index contributed by atoms with van der Waals surface area (Å²) in [5.41, 5.74) is -1.40. The molecule has 0 heterocycles. The molecule has 0 aliphatic heterocycles. The second kappa shape index (κ2) is 7.18. The smallest absolute Gasteiger partial charge is 0.203 e. The quantitative estimate of drug-likeness (QED) is 0.441. The molecule has 0 aromatic rings. The first-order valence-electron chi connectivity index (χ1n) is 8.05. The third kappa shape index (κ3) is 4.93. The van der Waals surface area contributed by atoms with Crippen LogP contribution in [-0.4, -0.2) is 35.8 Å². The van der Waals surface area contributed by atoms with Gasteiger partial charge < -0.3 is 9.05 Å². The summed E-state index contributed by atoms with van der Waals surface area (Å²) in [5, 5.41) is 0. The van der Waals surface area contributed by atoms with E-state index in [2.05, 4.69) is 0 Å². The van der Waals surface area contributed by atoms with Crippen molar-refractivity contribution in [2.75, 3.05) is 24.6 Å². The predicted octanol–water partition coefficient (Wildman–Crippen LogP) is 5.30. The van der Waals surface area contributed by atoms with Gasteiger partial charge in [-0.2, -0.15) is 0 Å². The van der Waals surface area contributed by atoms with Gasteiger partial charge in [0.15, 0.2) is 0 Å². The van der Waals surface area contributed by atoms with Crippen LogP contribution in [0.5, 0.6) is 0 Å². The Balaban J connectivity index is 2.91. The molecule has 128 valence electrons. The van der Waals surface area contributed by atoms with Gasteiger partial charge in [0.05, 0.1) is 0 Å². The van der Waals surface area contributed by atoms with Gasteiger partial charge >= 0.3 is 0 Å². The Hall–Kier alpha value is -0.140. The van der Waals surface area contributed by atoms with E-state index in [9.17, 15) is 9.13 Å². The lowest BCUT2D eigenvalue weighted by Gasteiger charge is -2.36. The number of hydrogen-bond acceptors (Lipinski definition) is 4. The van der Waals surface area contributed by atoms with Crippen LogP contribution in [0.1, 0.15) is 41.5 Å². The summed E-state index contributed by atoms with van der Waals surface area (Å²) in [7, 11) is -5.21. The van der Waals surface area contributed by atoms with E-state index in [4.69, 9.17) is 9.05 Å². The molecule has 0 saturated heterocycles. The Morgan fingerprint density at radius 1 is 0.682 bits per heavy atom. The highest BCUT2D eigenvalue weighted by Gasteiger charge is 2.36. The van der Waals surface area contributed by atoms with Crippen LogP contribution in [0.2, 0.25) is 0 Å². The molecule has 0 N–H and O–H groups in total. The van der Waals surface area contributed by atoms with Crippen molar-refractivity contribution in [1.29, 1.82) is 0 Å². The summed E-state index contributed by atoms with van der Waals surface area (Å²) >= 11 is 0. The fourth-order valence-corrected chi connectivity index (χ4v) is 5.41. The summed E-state index contributed by atoms with van der Waals surface area (Å²) in [6.07, 6.45) is 9.54. The maximum atomic E-state index is 12.5. The summed E-state index contributed by atoms with van der Waals surface area (Å²) < 4.78 is 36.9. The molecule has 0 bridgehead atoms. The van der Waals surface area contributed by atoms with Crippen molar-refractivity contribution < 1.29 is 18.2 Å². The first-order chi connectivity index (χ1) is 10.1. The molecule has 0 spiro atoms. The first-order valence-corrected chi connectivity index (χ1v) is 12.0. The zero-order chi connectivity index (χ0) is 17.1. The lowest BCUT2D eigenvalue weighted by atomic mass is 9.92. The van der Waals surface area contributed by atoms with Crippen molar-refractivity contribution in [3.05, 3.63) is 24.3 Å². The molecule has 0 saturated carbocycles. The fourth-order valence-electron chi connectivity index (χ4n) is 2.32. The molecular weight excluding hydrogens is 318 g/mol. The normalized spacial score (nSPS) is 29.0. The number of rotatable bonds is 8. The molecule has 22 heavy (non-hydrogen) atoms. The van der Waals surface area contributed by atoms with Gasteiger partial charge in [0.25, 0.3) is 0 Å².